The minimum Gasteiger partial charge on any atom is -0.432 e. The SMILES string of the molecule is Cc1cccc(N2B(c3cccc([N+](=O)[O-])c3)ON=C2c2ccccc2)c1. The summed E-state index contributed by atoms with van der Waals surface area (Å²) >= 11 is 0. The van der Waals surface area contributed by atoms with Crippen molar-refractivity contribution in [1.82, 2.24) is 0 Å². The number of rotatable bonds is 4. The molecule has 0 bridgehead atoms. The summed E-state index contributed by atoms with van der Waals surface area (Å²) in [5, 5.41) is 15.5. The van der Waals surface area contributed by atoms with Gasteiger partial charge in [-0.05, 0) is 30.1 Å². The van der Waals surface area contributed by atoms with Crippen molar-refractivity contribution in [3.63, 3.8) is 0 Å². The van der Waals surface area contributed by atoms with E-state index >= 15 is 0 Å². The third-order valence-electron chi connectivity index (χ3n) is 4.38. The van der Waals surface area contributed by atoms with Crippen molar-refractivity contribution < 1.29 is 9.68 Å². The van der Waals surface area contributed by atoms with E-state index in [0.29, 0.717) is 11.3 Å². The van der Waals surface area contributed by atoms with Crippen molar-refractivity contribution in [2.24, 2.45) is 5.16 Å². The molecule has 1 aliphatic heterocycles. The first-order chi connectivity index (χ1) is 13.1. The van der Waals surface area contributed by atoms with Crippen LogP contribution in [0, 0.1) is 17.0 Å². The Labute approximate surface area is 157 Å². The highest BCUT2D eigenvalue weighted by molar-refractivity contribution is 6.76. The van der Waals surface area contributed by atoms with Crippen LogP contribution in [0.1, 0.15) is 11.1 Å². The summed E-state index contributed by atoms with van der Waals surface area (Å²) in [6.45, 7) is 2.02. The van der Waals surface area contributed by atoms with Gasteiger partial charge in [-0.1, -0.05) is 59.8 Å². The Kier molecular flexibility index (Phi) is 4.34. The van der Waals surface area contributed by atoms with Crippen LogP contribution in [0.25, 0.3) is 0 Å². The molecule has 1 heterocycles. The molecule has 132 valence electrons. The predicted octanol–water partition coefficient (Wildman–Crippen LogP) is 3.50. The molecule has 0 saturated carbocycles. The number of nitro groups is 1. The van der Waals surface area contributed by atoms with Gasteiger partial charge in [0.15, 0.2) is 5.84 Å². The van der Waals surface area contributed by atoms with Crippen LogP contribution in [-0.4, -0.2) is 17.8 Å². The molecule has 0 unspecified atom stereocenters. The number of hydrogen-bond donors (Lipinski definition) is 0. The topological polar surface area (TPSA) is 68.0 Å². The number of anilines is 1. The molecule has 0 aromatic heterocycles. The third kappa shape index (κ3) is 3.27. The van der Waals surface area contributed by atoms with Crippen LogP contribution in [-0.2, 0) is 4.76 Å². The van der Waals surface area contributed by atoms with Crippen molar-refractivity contribution in [2.45, 2.75) is 6.92 Å². The minimum absolute atomic E-state index is 0.0217. The number of nitro benzene ring substituents is 1. The molecule has 7 heteroatoms. The molecule has 4 rings (SSSR count). The number of aryl methyl sites for hydroxylation is 1. The van der Waals surface area contributed by atoms with Gasteiger partial charge < -0.3 is 9.57 Å². The van der Waals surface area contributed by atoms with Gasteiger partial charge >= 0.3 is 7.05 Å². The smallest absolute Gasteiger partial charge is 0.432 e. The van der Waals surface area contributed by atoms with Gasteiger partial charge in [0.2, 0.25) is 0 Å². The van der Waals surface area contributed by atoms with Crippen molar-refractivity contribution in [2.75, 3.05) is 4.81 Å². The number of oxime groups is 1. The summed E-state index contributed by atoms with van der Waals surface area (Å²) in [6, 6.07) is 24.2. The van der Waals surface area contributed by atoms with Crippen LogP contribution in [0.15, 0.2) is 84.0 Å². The highest BCUT2D eigenvalue weighted by atomic mass is 16.6. The van der Waals surface area contributed by atoms with Crippen LogP contribution < -0.4 is 10.3 Å². The molecule has 6 nitrogen and oxygen atoms in total. The van der Waals surface area contributed by atoms with E-state index in [0.717, 1.165) is 16.8 Å². The normalized spacial score (nSPS) is 13.3. The molecule has 3 aromatic carbocycles. The van der Waals surface area contributed by atoms with Gasteiger partial charge in [0, 0.05) is 23.4 Å². The summed E-state index contributed by atoms with van der Waals surface area (Å²) in [5.74, 6) is 0.665. The summed E-state index contributed by atoms with van der Waals surface area (Å²) < 4.78 is 5.74. The highest BCUT2D eigenvalue weighted by Crippen LogP contribution is 2.25. The molecule has 0 atom stereocenters. The summed E-state index contributed by atoms with van der Waals surface area (Å²) in [5.41, 5.74) is 3.61. The number of non-ortho nitro benzene ring substituents is 1. The van der Waals surface area contributed by atoms with E-state index in [1.807, 2.05) is 72.4 Å². The summed E-state index contributed by atoms with van der Waals surface area (Å²) in [7, 11) is -0.582. The highest BCUT2D eigenvalue weighted by Gasteiger charge is 2.40. The zero-order valence-electron chi connectivity index (χ0n) is 14.6. The molecule has 0 radical (unpaired) electrons. The molecule has 1 aliphatic rings. The number of hydrogen-bond acceptors (Lipinski definition) is 5. The zero-order valence-corrected chi connectivity index (χ0v) is 14.6. The van der Waals surface area contributed by atoms with Gasteiger partial charge in [-0.25, -0.2) is 0 Å². The first-order valence-corrected chi connectivity index (χ1v) is 8.53. The van der Waals surface area contributed by atoms with Crippen LogP contribution in [0.4, 0.5) is 11.4 Å². The van der Waals surface area contributed by atoms with Crippen LogP contribution in [0.3, 0.4) is 0 Å². The van der Waals surface area contributed by atoms with Gasteiger partial charge in [0.25, 0.3) is 5.69 Å². The quantitative estimate of drug-likeness (QED) is 0.407. The van der Waals surface area contributed by atoms with Crippen molar-refractivity contribution in [3.8, 4) is 0 Å². The van der Waals surface area contributed by atoms with Crippen LogP contribution in [0.5, 0.6) is 0 Å². The fraction of sp³-hybridized carbons (Fsp3) is 0.0500. The second-order valence-corrected chi connectivity index (χ2v) is 6.30. The average Bonchev–Trinajstić information content (AvgIpc) is 3.14. The lowest BCUT2D eigenvalue weighted by atomic mass is 9.71. The van der Waals surface area contributed by atoms with E-state index < -0.39 is 12.0 Å². The molecule has 0 amide bonds. The fourth-order valence-electron chi connectivity index (χ4n) is 3.12. The number of amidine groups is 1. The van der Waals surface area contributed by atoms with Crippen molar-refractivity contribution >= 4 is 29.7 Å². The third-order valence-corrected chi connectivity index (χ3v) is 4.38. The van der Waals surface area contributed by atoms with E-state index in [9.17, 15) is 10.1 Å². The molecule has 0 fully saturated rings. The Balaban J connectivity index is 1.80. The van der Waals surface area contributed by atoms with Gasteiger partial charge in [0.05, 0.1) is 4.92 Å². The lowest BCUT2D eigenvalue weighted by molar-refractivity contribution is -0.384. The van der Waals surface area contributed by atoms with Gasteiger partial charge in [-0.3, -0.25) is 10.1 Å². The second-order valence-electron chi connectivity index (χ2n) is 6.30. The maximum Gasteiger partial charge on any atom is 0.550 e. The minimum atomic E-state index is -0.582. The van der Waals surface area contributed by atoms with Gasteiger partial charge in [0.1, 0.15) is 0 Å². The molecule has 27 heavy (non-hydrogen) atoms. The van der Waals surface area contributed by atoms with Gasteiger partial charge in [-0.2, -0.15) is 0 Å². The van der Waals surface area contributed by atoms with E-state index in [2.05, 4.69) is 5.16 Å². The lowest BCUT2D eigenvalue weighted by Crippen LogP contribution is -2.49. The molecule has 0 saturated heterocycles. The Hall–Kier alpha value is -3.61. The van der Waals surface area contributed by atoms with E-state index in [1.54, 1.807) is 6.07 Å². The Bertz CT molecular complexity index is 1020. The number of benzene rings is 3. The Morgan fingerprint density at radius 2 is 1.78 bits per heavy atom. The molecular formula is C20H16BN3O3. The van der Waals surface area contributed by atoms with E-state index in [4.69, 9.17) is 4.76 Å². The Morgan fingerprint density at radius 1 is 1.00 bits per heavy atom. The van der Waals surface area contributed by atoms with Crippen molar-refractivity contribution in [1.29, 1.82) is 0 Å². The van der Waals surface area contributed by atoms with Crippen LogP contribution >= 0.6 is 0 Å². The van der Waals surface area contributed by atoms with Gasteiger partial charge in [-0.15, -0.1) is 0 Å². The van der Waals surface area contributed by atoms with Crippen molar-refractivity contribution in [3.05, 3.63) is 100 Å². The standard InChI is InChI=1S/C20H16BN3O3/c1-15-7-5-11-18(13-15)23-20(16-8-3-2-4-9-16)22-27-21(23)17-10-6-12-19(14-17)24(25)26/h2-14H,1H3. The largest absolute Gasteiger partial charge is 0.550 e. The average molecular weight is 357 g/mol. The Morgan fingerprint density at radius 3 is 2.52 bits per heavy atom. The van der Waals surface area contributed by atoms with E-state index in [1.165, 1.54) is 12.1 Å². The first kappa shape index (κ1) is 16.8. The maximum absolute atomic E-state index is 11.2. The van der Waals surface area contributed by atoms with Crippen LogP contribution in [0.2, 0.25) is 0 Å². The molecular weight excluding hydrogens is 341 g/mol. The molecule has 0 spiro atoms. The molecule has 0 aliphatic carbocycles. The monoisotopic (exact) mass is 357 g/mol. The first-order valence-electron chi connectivity index (χ1n) is 8.53. The fourth-order valence-corrected chi connectivity index (χ4v) is 3.12. The molecule has 3 aromatic rings. The second kappa shape index (κ2) is 6.95. The lowest BCUT2D eigenvalue weighted by Gasteiger charge is -2.23. The molecule has 0 N–H and O–H groups in total. The predicted molar refractivity (Wildman–Crippen MR) is 106 cm³/mol. The zero-order chi connectivity index (χ0) is 18.8. The van der Waals surface area contributed by atoms with E-state index in [-0.39, 0.29) is 5.69 Å². The summed E-state index contributed by atoms with van der Waals surface area (Å²) in [6.07, 6.45) is 0. The summed E-state index contributed by atoms with van der Waals surface area (Å²) in [4.78, 5) is 12.7. The number of nitrogens with zero attached hydrogens (tertiary/aromatic N) is 3. The maximum atomic E-state index is 11.2.